The number of ketones is 1. The molecule has 1 heterocycles. The third-order valence-corrected chi connectivity index (χ3v) is 6.68. The topological polar surface area (TPSA) is 66.9 Å². The van der Waals surface area contributed by atoms with Gasteiger partial charge >= 0.3 is 0 Å². The molecule has 3 aromatic rings. The molecule has 2 amide bonds. The summed E-state index contributed by atoms with van der Waals surface area (Å²) >= 11 is 0. The van der Waals surface area contributed by atoms with Crippen LogP contribution in [0.1, 0.15) is 38.3 Å². The van der Waals surface area contributed by atoms with Crippen LogP contribution in [0.3, 0.4) is 0 Å². The van der Waals surface area contributed by atoms with E-state index in [2.05, 4.69) is 0 Å². The van der Waals surface area contributed by atoms with Gasteiger partial charge in [0.25, 0.3) is 5.91 Å². The van der Waals surface area contributed by atoms with Gasteiger partial charge in [-0.05, 0) is 47.4 Å². The summed E-state index contributed by atoms with van der Waals surface area (Å²) in [4.78, 5) is 42.2. The Balaban J connectivity index is 1.18. The summed E-state index contributed by atoms with van der Waals surface area (Å²) in [6, 6.07) is 20.6. The molecule has 0 N–H and O–H groups in total. The highest BCUT2D eigenvalue weighted by Gasteiger charge is 2.29. The first kappa shape index (κ1) is 21.9. The zero-order valence-corrected chi connectivity index (χ0v) is 19.1. The van der Waals surface area contributed by atoms with Gasteiger partial charge in [0.2, 0.25) is 5.91 Å². The van der Waals surface area contributed by atoms with E-state index in [0.717, 1.165) is 22.4 Å². The highest BCUT2D eigenvalue weighted by molar-refractivity contribution is 6.22. The van der Waals surface area contributed by atoms with Crippen LogP contribution in [0.2, 0.25) is 0 Å². The van der Waals surface area contributed by atoms with Gasteiger partial charge in [-0.1, -0.05) is 42.5 Å². The molecule has 1 fully saturated rings. The first-order valence-electron chi connectivity index (χ1n) is 11.5. The van der Waals surface area contributed by atoms with Gasteiger partial charge in [0.15, 0.2) is 5.78 Å². The largest absolute Gasteiger partial charge is 0.497 e. The highest BCUT2D eigenvalue weighted by atomic mass is 16.5. The van der Waals surface area contributed by atoms with Crippen LogP contribution in [0.15, 0.2) is 66.7 Å². The summed E-state index contributed by atoms with van der Waals surface area (Å²) in [5.74, 6) is 0.765. The summed E-state index contributed by atoms with van der Waals surface area (Å²) in [5, 5.41) is 0. The van der Waals surface area contributed by atoms with Crippen LogP contribution in [-0.4, -0.2) is 60.7 Å². The summed E-state index contributed by atoms with van der Waals surface area (Å²) in [6.45, 7) is 2.00. The molecule has 0 radical (unpaired) electrons. The van der Waals surface area contributed by atoms with Crippen LogP contribution in [-0.2, 0) is 11.2 Å². The Labute approximate surface area is 198 Å². The van der Waals surface area contributed by atoms with Crippen molar-refractivity contribution in [2.24, 2.45) is 0 Å². The number of carbonyl (C=O) groups is 3. The first-order chi connectivity index (χ1) is 16.5. The van der Waals surface area contributed by atoms with Gasteiger partial charge < -0.3 is 14.5 Å². The number of carbonyl (C=O) groups excluding carboxylic acids is 3. The van der Waals surface area contributed by atoms with Gasteiger partial charge in [0, 0.05) is 49.3 Å². The maximum absolute atomic E-state index is 13.1. The number of fused-ring (bicyclic) bond motifs is 3. The summed E-state index contributed by atoms with van der Waals surface area (Å²) in [5.41, 5.74) is 4.67. The molecule has 0 unspecified atom stereocenters. The average Bonchev–Trinajstić information content (AvgIpc) is 3.18. The van der Waals surface area contributed by atoms with Crippen molar-refractivity contribution in [1.82, 2.24) is 9.80 Å². The van der Waals surface area contributed by atoms with Gasteiger partial charge in [-0.2, -0.15) is 0 Å². The molecule has 1 aliphatic heterocycles. The second kappa shape index (κ2) is 9.14. The van der Waals surface area contributed by atoms with Gasteiger partial charge in [-0.15, -0.1) is 0 Å². The SMILES string of the molecule is COc1ccc(CCC(=O)N2CCN(C(=O)c3ccc4c(c3)C(=O)c3ccccc3-4)CC2)cc1. The summed E-state index contributed by atoms with van der Waals surface area (Å²) in [7, 11) is 1.63. The molecule has 1 aliphatic carbocycles. The quantitative estimate of drug-likeness (QED) is 0.460. The molecule has 5 rings (SSSR count). The Bertz CT molecular complexity index is 1260. The number of piperazine rings is 1. The number of nitrogens with zero attached hydrogens (tertiary/aromatic N) is 2. The fourth-order valence-corrected chi connectivity index (χ4v) is 4.70. The molecule has 3 aromatic carbocycles. The van der Waals surface area contributed by atoms with Crippen molar-refractivity contribution in [1.29, 1.82) is 0 Å². The predicted octanol–water partition coefficient (Wildman–Crippen LogP) is 3.82. The minimum atomic E-state index is -0.100. The third-order valence-electron chi connectivity index (χ3n) is 6.68. The lowest BCUT2D eigenvalue weighted by Gasteiger charge is -2.35. The average molecular weight is 455 g/mol. The van der Waals surface area contributed by atoms with Crippen LogP contribution in [0, 0.1) is 0 Å². The monoisotopic (exact) mass is 454 g/mol. The maximum atomic E-state index is 13.1. The zero-order chi connectivity index (χ0) is 23.7. The number of ether oxygens (including phenoxy) is 1. The van der Waals surface area contributed by atoms with Crippen LogP contribution < -0.4 is 4.74 Å². The van der Waals surface area contributed by atoms with E-state index in [-0.39, 0.29) is 17.6 Å². The number of hydrogen-bond acceptors (Lipinski definition) is 4. The summed E-state index contributed by atoms with van der Waals surface area (Å²) in [6.07, 6.45) is 1.11. The Hall–Kier alpha value is -3.93. The minimum absolute atomic E-state index is 0.0347. The number of amides is 2. The van der Waals surface area contributed by atoms with E-state index in [1.54, 1.807) is 24.1 Å². The lowest BCUT2D eigenvalue weighted by molar-refractivity contribution is -0.132. The molecular weight excluding hydrogens is 428 g/mol. The van der Waals surface area contributed by atoms with Crippen molar-refractivity contribution in [3.05, 3.63) is 89.0 Å². The lowest BCUT2D eigenvalue weighted by Crippen LogP contribution is -2.50. The fourth-order valence-electron chi connectivity index (χ4n) is 4.70. The fraction of sp³-hybridized carbons (Fsp3) is 0.250. The van der Waals surface area contributed by atoms with Crippen molar-refractivity contribution >= 4 is 17.6 Å². The van der Waals surface area contributed by atoms with Gasteiger partial charge in [-0.25, -0.2) is 0 Å². The van der Waals surface area contributed by atoms with E-state index in [4.69, 9.17) is 4.74 Å². The van der Waals surface area contributed by atoms with Gasteiger partial charge in [0.05, 0.1) is 7.11 Å². The molecule has 34 heavy (non-hydrogen) atoms. The van der Waals surface area contributed by atoms with Crippen LogP contribution >= 0.6 is 0 Å². The molecule has 0 saturated carbocycles. The Kier molecular flexibility index (Phi) is 5.88. The summed E-state index contributed by atoms with van der Waals surface area (Å²) < 4.78 is 5.17. The minimum Gasteiger partial charge on any atom is -0.497 e. The highest BCUT2D eigenvalue weighted by Crippen LogP contribution is 2.36. The Morgan fingerprint density at radius 3 is 2.15 bits per heavy atom. The molecule has 6 heteroatoms. The van der Waals surface area contributed by atoms with E-state index in [0.29, 0.717) is 55.7 Å². The standard InChI is InChI=1S/C28H26N2O4/c1-34-21-10-6-19(7-11-21)8-13-26(31)29-14-16-30(17-15-29)28(33)20-9-12-23-22-4-2-3-5-24(22)27(32)25(23)18-20/h2-7,9-12,18H,8,13-17H2,1H3. The molecule has 1 saturated heterocycles. The third kappa shape index (κ3) is 4.07. The van der Waals surface area contributed by atoms with Gasteiger partial charge in [-0.3, -0.25) is 14.4 Å². The van der Waals surface area contributed by atoms with Crippen LogP contribution in [0.5, 0.6) is 5.75 Å². The van der Waals surface area contributed by atoms with Crippen LogP contribution in [0.25, 0.3) is 11.1 Å². The Morgan fingerprint density at radius 1 is 0.794 bits per heavy atom. The normalized spacial score (nSPS) is 14.6. The van der Waals surface area contributed by atoms with E-state index in [1.807, 2.05) is 59.5 Å². The van der Waals surface area contributed by atoms with E-state index >= 15 is 0 Å². The Morgan fingerprint density at radius 2 is 1.44 bits per heavy atom. The second-order valence-electron chi connectivity index (χ2n) is 8.66. The zero-order valence-electron chi connectivity index (χ0n) is 19.1. The number of rotatable bonds is 5. The number of aryl methyl sites for hydroxylation is 1. The number of benzene rings is 3. The van der Waals surface area contributed by atoms with Crippen molar-refractivity contribution in [3.8, 4) is 16.9 Å². The maximum Gasteiger partial charge on any atom is 0.253 e. The van der Waals surface area contributed by atoms with E-state index in [1.165, 1.54) is 0 Å². The molecule has 2 aliphatic rings. The molecule has 0 aromatic heterocycles. The molecule has 172 valence electrons. The molecular formula is C28H26N2O4. The molecule has 0 spiro atoms. The lowest BCUT2D eigenvalue weighted by atomic mass is 10.0. The van der Waals surface area contributed by atoms with E-state index < -0.39 is 0 Å². The van der Waals surface area contributed by atoms with Crippen molar-refractivity contribution in [2.75, 3.05) is 33.3 Å². The molecule has 0 atom stereocenters. The molecule has 6 nitrogen and oxygen atoms in total. The van der Waals surface area contributed by atoms with E-state index in [9.17, 15) is 14.4 Å². The number of methoxy groups -OCH3 is 1. The number of hydrogen-bond donors (Lipinski definition) is 0. The molecule has 0 bridgehead atoms. The van der Waals surface area contributed by atoms with Crippen LogP contribution in [0.4, 0.5) is 0 Å². The smallest absolute Gasteiger partial charge is 0.253 e. The first-order valence-corrected chi connectivity index (χ1v) is 11.5. The predicted molar refractivity (Wildman–Crippen MR) is 129 cm³/mol. The van der Waals surface area contributed by atoms with Crippen molar-refractivity contribution < 1.29 is 19.1 Å². The van der Waals surface area contributed by atoms with Crippen molar-refractivity contribution in [3.63, 3.8) is 0 Å². The second-order valence-corrected chi connectivity index (χ2v) is 8.66. The van der Waals surface area contributed by atoms with Gasteiger partial charge in [0.1, 0.15) is 5.75 Å². The van der Waals surface area contributed by atoms with Crippen molar-refractivity contribution in [2.45, 2.75) is 12.8 Å².